The number of nitrogens with one attached hydrogen (secondary N) is 4. The lowest BCUT2D eigenvalue weighted by atomic mass is 9.85. The molecule has 164 valence electrons. The number of H-pyrrole nitrogens is 1. The monoisotopic (exact) mass is 442 g/mol. The third kappa shape index (κ3) is 4.31. The number of aromatic nitrogens is 3. The van der Waals surface area contributed by atoms with Gasteiger partial charge in [0.1, 0.15) is 17.1 Å². The SMILES string of the molecule is CNC(=O)COc1ccc(-c2nc3ncc(Cl)c(N[C@]4(C(C)C)CCNC4)c3[nH]2)cc1. The second-order valence-electron chi connectivity index (χ2n) is 8.11. The van der Waals surface area contributed by atoms with Gasteiger partial charge in [0, 0.05) is 19.2 Å². The van der Waals surface area contributed by atoms with Gasteiger partial charge in [-0.2, -0.15) is 0 Å². The summed E-state index contributed by atoms with van der Waals surface area (Å²) in [5, 5.41) is 10.3. The molecule has 8 nitrogen and oxygen atoms in total. The lowest BCUT2D eigenvalue weighted by Gasteiger charge is -2.35. The lowest BCUT2D eigenvalue weighted by molar-refractivity contribution is -0.122. The van der Waals surface area contributed by atoms with E-state index in [9.17, 15) is 4.79 Å². The number of fused-ring (bicyclic) bond motifs is 1. The molecule has 2 aromatic heterocycles. The van der Waals surface area contributed by atoms with Crippen molar-refractivity contribution in [2.24, 2.45) is 5.92 Å². The smallest absolute Gasteiger partial charge is 0.257 e. The van der Waals surface area contributed by atoms with Crippen molar-refractivity contribution in [2.75, 3.05) is 32.1 Å². The molecule has 0 bridgehead atoms. The number of ether oxygens (including phenoxy) is 1. The number of aromatic amines is 1. The summed E-state index contributed by atoms with van der Waals surface area (Å²) in [6.07, 6.45) is 2.66. The maximum absolute atomic E-state index is 11.3. The maximum Gasteiger partial charge on any atom is 0.257 e. The van der Waals surface area contributed by atoms with E-state index >= 15 is 0 Å². The fourth-order valence-electron chi connectivity index (χ4n) is 3.83. The molecule has 1 amide bonds. The molecule has 1 aromatic carbocycles. The van der Waals surface area contributed by atoms with Gasteiger partial charge in [0.2, 0.25) is 0 Å². The molecule has 0 spiro atoms. The van der Waals surface area contributed by atoms with Crippen LogP contribution in [0.1, 0.15) is 20.3 Å². The number of carbonyl (C=O) groups is 1. The zero-order valence-electron chi connectivity index (χ0n) is 17.9. The van der Waals surface area contributed by atoms with Crippen molar-refractivity contribution in [3.05, 3.63) is 35.5 Å². The van der Waals surface area contributed by atoms with E-state index in [2.05, 4.69) is 44.7 Å². The van der Waals surface area contributed by atoms with E-state index in [4.69, 9.17) is 16.3 Å². The number of nitrogens with zero attached hydrogens (tertiary/aromatic N) is 2. The van der Waals surface area contributed by atoms with Crippen LogP contribution >= 0.6 is 11.6 Å². The van der Waals surface area contributed by atoms with Crippen LogP contribution in [0.4, 0.5) is 5.69 Å². The molecule has 3 heterocycles. The van der Waals surface area contributed by atoms with Gasteiger partial charge in [-0.3, -0.25) is 4.79 Å². The zero-order chi connectivity index (χ0) is 22.0. The molecule has 1 aliphatic heterocycles. The number of pyridine rings is 1. The Morgan fingerprint density at radius 1 is 1.32 bits per heavy atom. The molecule has 31 heavy (non-hydrogen) atoms. The minimum absolute atomic E-state index is 0.0234. The molecule has 0 saturated carbocycles. The van der Waals surface area contributed by atoms with Crippen LogP contribution in [0.25, 0.3) is 22.6 Å². The minimum atomic E-state index is -0.180. The molecule has 1 aliphatic rings. The predicted octanol–water partition coefficient (Wildman–Crippen LogP) is 3.20. The Balaban J connectivity index is 1.63. The van der Waals surface area contributed by atoms with Crippen molar-refractivity contribution in [3.8, 4) is 17.1 Å². The molecule has 3 aromatic rings. The molecule has 0 aliphatic carbocycles. The van der Waals surface area contributed by atoms with Gasteiger partial charge in [-0.1, -0.05) is 25.4 Å². The molecule has 4 rings (SSSR count). The van der Waals surface area contributed by atoms with E-state index in [-0.39, 0.29) is 18.1 Å². The Bertz CT molecular complexity index is 1070. The van der Waals surface area contributed by atoms with Gasteiger partial charge in [0.05, 0.1) is 22.4 Å². The van der Waals surface area contributed by atoms with Gasteiger partial charge in [-0.05, 0) is 43.1 Å². The number of amides is 1. The number of imidazole rings is 1. The van der Waals surface area contributed by atoms with Crippen LogP contribution in [0.2, 0.25) is 5.02 Å². The summed E-state index contributed by atoms with van der Waals surface area (Å²) in [4.78, 5) is 23.8. The summed E-state index contributed by atoms with van der Waals surface area (Å²) >= 11 is 6.55. The van der Waals surface area contributed by atoms with Gasteiger partial charge in [-0.15, -0.1) is 0 Å². The van der Waals surface area contributed by atoms with Crippen LogP contribution < -0.4 is 20.7 Å². The Kier molecular flexibility index (Phi) is 6.02. The highest BCUT2D eigenvalue weighted by molar-refractivity contribution is 6.34. The molecule has 0 radical (unpaired) electrons. The topological polar surface area (TPSA) is 104 Å². The van der Waals surface area contributed by atoms with Crippen LogP contribution in [0.5, 0.6) is 5.75 Å². The molecule has 9 heteroatoms. The van der Waals surface area contributed by atoms with Gasteiger partial charge in [-0.25, -0.2) is 9.97 Å². The van der Waals surface area contributed by atoms with Crippen LogP contribution in [-0.4, -0.2) is 53.1 Å². The molecule has 1 saturated heterocycles. The highest BCUT2D eigenvalue weighted by Crippen LogP contribution is 2.36. The lowest BCUT2D eigenvalue weighted by Crippen LogP contribution is -2.45. The summed E-state index contributed by atoms with van der Waals surface area (Å²) in [7, 11) is 1.58. The first-order valence-corrected chi connectivity index (χ1v) is 10.8. The Labute approximate surface area is 186 Å². The number of rotatable bonds is 7. The number of hydrogen-bond donors (Lipinski definition) is 4. The van der Waals surface area contributed by atoms with E-state index in [0.29, 0.717) is 28.2 Å². The third-order valence-electron chi connectivity index (χ3n) is 5.92. The van der Waals surface area contributed by atoms with Crippen molar-refractivity contribution >= 4 is 34.4 Å². The average molecular weight is 443 g/mol. The molecular formula is C22H27ClN6O2. The van der Waals surface area contributed by atoms with Crippen molar-refractivity contribution < 1.29 is 9.53 Å². The molecular weight excluding hydrogens is 416 g/mol. The minimum Gasteiger partial charge on any atom is -0.484 e. The van der Waals surface area contributed by atoms with Crippen LogP contribution in [-0.2, 0) is 4.79 Å². The average Bonchev–Trinajstić information content (AvgIpc) is 3.42. The number of carbonyl (C=O) groups excluding carboxylic acids is 1. The van der Waals surface area contributed by atoms with Crippen LogP contribution in [0, 0.1) is 5.92 Å². The first kappa shape index (κ1) is 21.4. The van der Waals surface area contributed by atoms with Crippen molar-refractivity contribution in [1.29, 1.82) is 0 Å². The fraction of sp³-hybridized carbons (Fsp3) is 0.409. The predicted molar refractivity (Wildman–Crippen MR) is 123 cm³/mol. The zero-order valence-corrected chi connectivity index (χ0v) is 18.6. The Morgan fingerprint density at radius 2 is 2.10 bits per heavy atom. The normalized spacial score (nSPS) is 18.5. The highest BCUT2D eigenvalue weighted by atomic mass is 35.5. The fourth-order valence-corrected chi connectivity index (χ4v) is 4.02. The van der Waals surface area contributed by atoms with Crippen LogP contribution in [0.15, 0.2) is 30.5 Å². The van der Waals surface area contributed by atoms with Gasteiger partial charge >= 0.3 is 0 Å². The molecule has 0 unspecified atom stereocenters. The van der Waals surface area contributed by atoms with E-state index in [1.165, 1.54) is 0 Å². The summed E-state index contributed by atoms with van der Waals surface area (Å²) in [5.74, 6) is 1.54. The largest absolute Gasteiger partial charge is 0.484 e. The number of hydrogen-bond acceptors (Lipinski definition) is 6. The van der Waals surface area contributed by atoms with Gasteiger partial charge in [0.25, 0.3) is 5.91 Å². The van der Waals surface area contributed by atoms with Gasteiger partial charge < -0.3 is 25.7 Å². The first-order chi connectivity index (χ1) is 14.9. The van der Waals surface area contributed by atoms with E-state index < -0.39 is 0 Å². The first-order valence-electron chi connectivity index (χ1n) is 10.4. The third-order valence-corrected chi connectivity index (χ3v) is 6.20. The number of likely N-dealkylation sites (N-methyl/N-ethyl adjacent to an activating group) is 1. The number of benzene rings is 1. The molecule has 4 N–H and O–H groups in total. The molecule has 1 fully saturated rings. The number of anilines is 1. The van der Waals surface area contributed by atoms with Crippen molar-refractivity contribution in [1.82, 2.24) is 25.6 Å². The Hall–Kier alpha value is -2.84. The summed E-state index contributed by atoms with van der Waals surface area (Å²) in [5.41, 5.74) is 3.02. The van der Waals surface area contributed by atoms with Gasteiger partial charge in [0.15, 0.2) is 12.3 Å². The highest BCUT2D eigenvalue weighted by Gasteiger charge is 2.37. The van der Waals surface area contributed by atoms with E-state index in [1.807, 2.05) is 24.3 Å². The quantitative estimate of drug-likeness (QED) is 0.448. The van der Waals surface area contributed by atoms with Crippen molar-refractivity contribution in [2.45, 2.75) is 25.8 Å². The summed E-state index contributed by atoms with van der Waals surface area (Å²) in [6, 6.07) is 7.40. The second-order valence-corrected chi connectivity index (χ2v) is 8.52. The summed E-state index contributed by atoms with van der Waals surface area (Å²) in [6.45, 7) is 6.27. The van der Waals surface area contributed by atoms with E-state index in [1.54, 1.807) is 13.2 Å². The standard InChI is InChI=1S/C22H27ClN6O2/c1-13(2)22(8-9-25-12-22)29-18-16(23)10-26-21-19(18)27-20(28-21)14-4-6-15(7-5-14)31-11-17(30)24-3/h4-7,10,13,25H,8-9,11-12H2,1-3H3,(H,24,30)(H2,26,27,28,29)/t22-/m1/s1. The maximum atomic E-state index is 11.3. The Morgan fingerprint density at radius 3 is 2.74 bits per heavy atom. The van der Waals surface area contributed by atoms with Crippen molar-refractivity contribution in [3.63, 3.8) is 0 Å². The number of halogens is 1. The second kappa shape index (κ2) is 8.72. The molecule has 1 atom stereocenters. The van der Waals surface area contributed by atoms with E-state index in [0.717, 1.165) is 36.3 Å². The summed E-state index contributed by atoms with van der Waals surface area (Å²) < 4.78 is 5.46. The van der Waals surface area contributed by atoms with Crippen LogP contribution in [0.3, 0.4) is 0 Å².